The first kappa shape index (κ1) is 19.4. The summed E-state index contributed by atoms with van der Waals surface area (Å²) in [5.74, 6) is 0.710. The predicted molar refractivity (Wildman–Crippen MR) is 115 cm³/mol. The van der Waals surface area contributed by atoms with Gasteiger partial charge in [0.1, 0.15) is 11.4 Å². The quantitative estimate of drug-likeness (QED) is 0.686. The summed E-state index contributed by atoms with van der Waals surface area (Å²) in [4.78, 5) is 19.8. The van der Waals surface area contributed by atoms with E-state index in [1.165, 1.54) is 24.8 Å². The van der Waals surface area contributed by atoms with Crippen LogP contribution in [-0.2, 0) is 0 Å². The second-order valence-corrected chi connectivity index (χ2v) is 7.48. The topological polar surface area (TPSA) is 54.5 Å². The number of methoxy groups -OCH3 is 1. The van der Waals surface area contributed by atoms with Crippen molar-refractivity contribution in [2.75, 3.05) is 26.7 Å². The number of fused-ring (bicyclic) bond motifs is 1. The average molecular weight is 389 g/mol. The Labute approximate surface area is 171 Å². The van der Waals surface area contributed by atoms with Crippen LogP contribution in [0.15, 0.2) is 60.7 Å². The number of para-hydroxylation sites is 1. The van der Waals surface area contributed by atoms with Gasteiger partial charge in [0.2, 0.25) is 0 Å². The minimum absolute atomic E-state index is 0.133. The van der Waals surface area contributed by atoms with Crippen molar-refractivity contribution in [2.24, 2.45) is 0 Å². The van der Waals surface area contributed by atoms with Crippen LogP contribution in [0.25, 0.3) is 10.9 Å². The Morgan fingerprint density at radius 2 is 1.79 bits per heavy atom. The van der Waals surface area contributed by atoms with Gasteiger partial charge in [0.05, 0.1) is 18.7 Å². The van der Waals surface area contributed by atoms with E-state index in [0.29, 0.717) is 12.2 Å². The molecular weight excluding hydrogens is 362 g/mol. The van der Waals surface area contributed by atoms with Crippen LogP contribution in [0.3, 0.4) is 0 Å². The SMILES string of the molecule is COc1ccc(C(CNC(=O)c2ccc3ccccc3n2)N2CCCCC2)cc1. The molecule has 150 valence electrons. The summed E-state index contributed by atoms with van der Waals surface area (Å²) in [7, 11) is 1.67. The smallest absolute Gasteiger partial charge is 0.269 e. The largest absolute Gasteiger partial charge is 0.497 e. The summed E-state index contributed by atoms with van der Waals surface area (Å²) >= 11 is 0. The second kappa shape index (κ2) is 9.05. The van der Waals surface area contributed by atoms with Crippen LogP contribution in [0.1, 0.15) is 41.4 Å². The first-order valence-electron chi connectivity index (χ1n) is 10.3. The van der Waals surface area contributed by atoms with Crippen molar-refractivity contribution in [3.8, 4) is 5.75 Å². The lowest BCUT2D eigenvalue weighted by Gasteiger charge is -2.35. The van der Waals surface area contributed by atoms with E-state index >= 15 is 0 Å². The summed E-state index contributed by atoms with van der Waals surface area (Å²) in [5, 5.41) is 4.15. The monoisotopic (exact) mass is 389 g/mol. The number of aromatic nitrogens is 1. The molecule has 5 nitrogen and oxygen atoms in total. The zero-order valence-electron chi connectivity index (χ0n) is 16.8. The molecule has 1 fully saturated rings. The van der Waals surface area contributed by atoms with Gasteiger partial charge in [0.25, 0.3) is 5.91 Å². The van der Waals surface area contributed by atoms with Crippen molar-refractivity contribution in [3.63, 3.8) is 0 Å². The lowest BCUT2D eigenvalue weighted by atomic mass is 10.0. The Bertz CT molecular complexity index is 965. The van der Waals surface area contributed by atoms with E-state index in [1.807, 2.05) is 42.5 Å². The van der Waals surface area contributed by atoms with Gasteiger partial charge in [0.15, 0.2) is 0 Å². The van der Waals surface area contributed by atoms with Gasteiger partial charge in [-0.2, -0.15) is 0 Å². The first-order chi connectivity index (χ1) is 14.2. The van der Waals surface area contributed by atoms with Crippen LogP contribution < -0.4 is 10.1 Å². The minimum atomic E-state index is -0.133. The highest BCUT2D eigenvalue weighted by molar-refractivity contribution is 5.94. The molecule has 0 saturated carbocycles. The Morgan fingerprint density at radius 1 is 1.03 bits per heavy atom. The van der Waals surface area contributed by atoms with Gasteiger partial charge in [0, 0.05) is 11.9 Å². The molecule has 2 heterocycles. The first-order valence-corrected chi connectivity index (χ1v) is 10.3. The van der Waals surface area contributed by atoms with Gasteiger partial charge in [-0.1, -0.05) is 42.8 Å². The van der Waals surface area contributed by atoms with Crippen molar-refractivity contribution in [3.05, 3.63) is 71.9 Å². The van der Waals surface area contributed by atoms with Gasteiger partial charge in [-0.05, 0) is 55.8 Å². The van der Waals surface area contributed by atoms with Crippen LogP contribution in [-0.4, -0.2) is 42.5 Å². The molecule has 1 N–H and O–H groups in total. The highest BCUT2D eigenvalue weighted by Gasteiger charge is 2.23. The number of nitrogens with one attached hydrogen (secondary N) is 1. The Morgan fingerprint density at radius 3 is 2.55 bits per heavy atom. The standard InChI is InChI=1S/C24H27N3O2/c1-29-20-12-9-19(10-13-20)23(27-15-5-2-6-16-27)17-25-24(28)22-14-11-18-7-3-4-8-21(18)26-22/h3-4,7-14,23H,2,5-6,15-17H2,1H3,(H,25,28). The molecule has 2 aromatic carbocycles. The summed E-state index contributed by atoms with van der Waals surface area (Å²) in [6, 6.07) is 19.9. The molecule has 0 spiro atoms. The van der Waals surface area contributed by atoms with Crippen LogP contribution in [0.2, 0.25) is 0 Å². The van der Waals surface area contributed by atoms with Gasteiger partial charge >= 0.3 is 0 Å². The van der Waals surface area contributed by atoms with E-state index < -0.39 is 0 Å². The van der Waals surface area contributed by atoms with Crippen molar-refractivity contribution in [2.45, 2.75) is 25.3 Å². The van der Waals surface area contributed by atoms with Gasteiger partial charge in [-0.15, -0.1) is 0 Å². The van der Waals surface area contributed by atoms with E-state index in [2.05, 4.69) is 27.3 Å². The van der Waals surface area contributed by atoms with Crippen molar-refractivity contribution >= 4 is 16.8 Å². The number of pyridine rings is 1. The molecule has 1 saturated heterocycles. The van der Waals surface area contributed by atoms with Crippen molar-refractivity contribution in [1.29, 1.82) is 0 Å². The number of hydrogen-bond donors (Lipinski definition) is 1. The molecule has 4 rings (SSSR count). The lowest BCUT2D eigenvalue weighted by Crippen LogP contribution is -2.40. The normalized spacial score (nSPS) is 15.8. The summed E-state index contributed by atoms with van der Waals surface area (Å²) in [5.41, 5.74) is 2.48. The molecule has 1 atom stereocenters. The molecule has 29 heavy (non-hydrogen) atoms. The minimum Gasteiger partial charge on any atom is -0.497 e. The number of nitrogens with zero attached hydrogens (tertiary/aromatic N) is 2. The van der Waals surface area contributed by atoms with E-state index in [-0.39, 0.29) is 11.9 Å². The number of carbonyl (C=O) groups excluding carboxylic acids is 1. The van der Waals surface area contributed by atoms with Crippen LogP contribution in [0.5, 0.6) is 5.75 Å². The second-order valence-electron chi connectivity index (χ2n) is 7.48. The maximum Gasteiger partial charge on any atom is 0.269 e. The molecule has 1 amide bonds. The molecule has 0 bridgehead atoms. The fourth-order valence-electron chi connectivity index (χ4n) is 3.99. The fourth-order valence-corrected chi connectivity index (χ4v) is 3.99. The number of hydrogen-bond acceptors (Lipinski definition) is 4. The van der Waals surface area contributed by atoms with Gasteiger partial charge in [-0.25, -0.2) is 4.98 Å². The van der Waals surface area contributed by atoms with E-state index in [9.17, 15) is 4.79 Å². The summed E-state index contributed by atoms with van der Waals surface area (Å²) < 4.78 is 5.29. The molecule has 1 unspecified atom stereocenters. The molecule has 1 aliphatic heterocycles. The maximum absolute atomic E-state index is 12.8. The highest BCUT2D eigenvalue weighted by Crippen LogP contribution is 2.26. The molecule has 0 radical (unpaired) electrons. The third kappa shape index (κ3) is 4.57. The molecule has 0 aliphatic carbocycles. The lowest BCUT2D eigenvalue weighted by molar-refractivity contribution is 0.0920. The van der Waals surface area contributed by atoms with Crippen molar-refractivity contribution in [1.82, 2.24) is 15.2 Å². The number of amides is 1. The molecule has 3 aromatic rings. The highest BCUT2D eigenvalue weighted by atomic mass is 16.5. The third-order valence-electron chi connectivity index (χ3n) is 5.62. The molecular formula is C24H27N3O2. The van der Waals surface area contributed by atoms with E-state index in [0.717, 1.165) is 29.7 Å². The summed E-state index contributed by atoms with van der Waals surface area (Å²) in [6.45, 7) is 2.67. The Balaban J connectivity index is 1.50. The van der Waals surface area contributed by atoms with Gasteiger partial charge in [-0.3, -0.25) is 9.69 Å². The van der Waals surface area contributed by atoms with Crippen LogP contribution in [0, 0.1) is 0 Å². The Kier molecular flexibility index (Phi) is 6.06. The maximum atomic E-state index is 12.8. The summed E-state index contributed by atoms with van der Waals surface area (Å²) in [6.07, 6.45) is 3.68. The Hall–Kier alpha value is -2.92. The molecule has 1 aliphatic rings. The number of benzene rings is 2. The zero-order valence-corrected chi connectivity index (χ0v) is 16.8. The number of rotatable bonds is 6. The van der Waals surface area contributed by atoms with Gasteiger partial charge < -0.3 is 10.1 Å². The molecule has 5 heteroatoms. The van der Waals surface area contributed by atoms with Crippen molar-refractivity contribution < 1.29 is 9.53 Å². The fraction of sp³-hybridized carbons (Fsp3) is 0.333. The number of carbonyl (C=O) groups is 1. The molecule has 1 aromatic heterocycles. The average Bonchev–Trinajstić information content (AvgIpc) is 2.80. The number of likely N-dealkylation sites (tertiary alicyclic amines) is 1. The zero-order chi connectivity index (χ0) is 20.1. The predicted octanol–water partition coefficient (Wildman–Crippen LogP) is 4.20. The number of piperidine rings is 1. The van der Waals surface area contributed by atoms with Crippen LogP contribution >= 0.6 is 0 Å². The van der Waals surface area contributed by atoms with Crippen LogP contribution in [0.4, 0.5) is 0 Å². The van der Waals surface area contributed by atoms with E-state index in [1.54, 1.807) is 13.2 Å². The third-order valence-corrected chi connectivity index (χ3v) is 5.62. The van der Waals surface area contributed by atoms with E-state index in [4.69, 9.17) is 4.74 Å². The number of ether oxygens (including phenoxy) is 1.